The summed E-state index contributed by atoms with van der Waals surface area (Å²) >= 11 is 0. The number of benzene rings is 1. The Morgan fingerprint density at radius 3 is 2.38 bits per heavy atom. The Labute approximate surface area is 154 Å². The second kappa shape index (κ2) is 7.63. The van der Waals surface area contributed by atoms with E-state index < -0.39 is 10.0 Å². The number of rotatable bonds is 4. The van der Waals surface area contributed by atoms with Crippen molar-refractivity contribution in [2.45, 2.75) is 18.2 Å². The van der Waals surface area contributed by atoms with Gasteiger partial charge in [-0.15, -0.1) is 0 Å². The molecule has 1 fully saturated rings. The molecule has 2 aliphatic heterocycles. The molecule has 8 nitrogen and oxygen atoms in total. The lowest BCUT2D eigenvalue weighted by molar-refractivity contribution is -0.115. The molecule has 26 heavy (non-hydrogen) atoms. The molecule has 1 aromatic carbocycles. The van der Waals surface area contributed by atoms with Crippen LogP contribution in [0.5, 0.6) is 0 Å². The molecule has 1 amide bonds. The van der Waals surface area contributed by atoms with Gasteiger partial charge in [-0.3, -0.25) is 9.79 Å². The third kappa shape index (κ3) is 3.83. The predicted octanol–water partition coefficient (Wildman–Crippen LogP) is 0.643. The van der Waals surface area contributed by atoms with E-state index in [1.807, 2.05) is 4.90 Å². The van der Waals surface area contributed by atoms with Crippen LogP contribution in [0.1, 0.15) is 13.3 Å². The minimum atomic E-state index is -3.67. The van der Waals surface area contributed by atoms with E-state index in [9.17, 15) is 13.2 Å². The molecule has 0 bridgehead atoms. The molecule has 0 unspecified atom stereocenters. The van der Waals surface area contributed by atoms with Crippen molar-refractivity contribution in [3.8, 4) is 0 Å². The van der Waals surface area contributed by atoms with Crippen LogP contribution in [0.4, 0.5) is 5.69 Å². The molecule has 0 spiro atoms. The fourth-order valence-corrected chi connectivity index (χ4v) is 4.44. The molecular weight excluding hydrogens is 354 g/mol. The second-order valence-corrected chi connectivity index (χ2v) is 8.34. The summed E-state index contributed by atoms with van der Waals surface area (Å²) in [5, 5.41) is 2.72. The molecule has 0 saturated carbocycles. The van der Waals surface area contributed by atoms with E-state index in [-0.39, 0.29) is 10.8 Å². The molecule has 142 valence electrons. The number of aliphatic imine (C=N–C) groups is 1. The van der Waals surface area contributed by atoms with E-state index in [1.54, 1.807) is 19.1 Å². The summed E-state index contributed by atoms with van der Waals surface area (Å²) in [6.45, 7) is 5.91. The zero-order valence-corrected chi connectivity index (χ0v) is 16.0. The molecule has 0 aromatic heterocycles. The molecule has 0 aliphatic carbocycles. The van der Waals surface area contributed by atoms with Crippen molar-refractivity contribution in [1.29, 1.82) is 0 Å². The van der Waals surface area contributed by atoms with Gasteiger partial charge in [-0.1, -0.05) is 6.92 Å². The normalized spacial score (nSPS) is 18.8. The number of amides is 1. The zero-order valence-electron chi connectivity index (χ0n) is 15.2. The minimum absolute atomic E-state index is 0.107. The van der Waals surface area contributed by atoms with Crippen LogP contribution in [0.3, 0.4) is 0 Å². The van der Waals surface area contributed by atoms with Gasteiger partial charge in [0, 0.05) is 38.3 Å². The highest BCUT2D eigenvalue weighted by Crippen LogP contribution is 2.22. The van der Waals surface area contributed by atoms with Crippen LogP contribution in [-0.4, -0.2) is 80.7 Å². The molecular formula is C17H25N5O3S. The summed E-state index contributed by atoms with van der Waals surface area (Å²) in [6, 6.07) is 6.29. The van der Waals surface area contributed by atoms with Crippen LogP contribution < -0.4 is 5.32 Å². The van der Waals surface area contributed by atoms with Crippen molar-refractivity contribution >= 4 is 27.6 Å². The summed E-state index contributed by atoms with van der Waals surface area (Å²) < 4.78 is 27.5. The van der Waals surface area contributed by atoms with Gasteiger partial charge in [-0.25, -0.2) is 12.7 Å². The lowest BCUT2D eigenvalue weighted by Crippen LogP contribution is -2.52. The maximum atomic E-state index is 13.1. The van der Waals surface area contributed by atoms with Crippen LogP contribution in [0, 0.1) is 0 Å². The topological polar surface area (TPSA) is 85.3 Å². The standard InChI is InChI=1S/C17H25N5O3S/c1-3-16(23)19-14-4-6-15(7-5-14)26(24,25)22-9-8-18-17(22)21-12-10-20(2)11-13-21/h4-7H,3,8-13H2,1-2H3,(H,19,23). The number of anilines is 1. The van der Waals surface area contributed by atoms with Gasteiger partial charge in [0.15, 0.2) is 0 Å². The maximum Gasteiger partial charge on any atom is 0.266 e. The molecule has 9 heteroatoms. The SMILES string of the molecule is CCC(=O)Nc1ccc(S(=O)(=O)N2CCN=C2N2CCN(C)CC2)cc1. The van der Waals surface area contributed by atoms with Crippen molar-refractivity contribution in [1.82, 2.24) is 14.1 Å². The fraction of sp³-hybridized carbons (Fsp3) is 0.529. The van der Waals surface area contributed by atoms with Crippen molar-refractivity contribution in [3.05, 3.63) is 24.3 Å². The van der Waals surface area contributed by atoms with Crippen LogP contribution in [0.2, 0.25) is 0 Å². The van der Waals surface area contributed by atoms with Crippen molar-refractivity contribution in [2.24, 2.45) is 4.99 Å². The average Bonchev–Trinajstić information content (AvgIpc) is 3.13. The van der Waals surface area contributed by atoms with E-state index in [4.69, 9.17) is 0 Å². The lowest BCUT2D eigenvalue weighted by Gasteiger charge is -2.36. The third-order valence-electron chi connectivity index (χ3n) is 4.61. The maximum absolute atomic E-state index is 13.1. The molecule has 1 saturated heterocycles. The first-order valence-corrected chi connectivity index (χ1v) is 10.3. The molecule has 2 heterocycles. The van der Waals surface area contributed by atoms with E-state index in [2.05, 4.69) is 22.3 Å². The minimum Gasteiger partial charge on any atom is -0.339 e. The zero-order chi connectivity index (χ0) is 18.7. The number of nitrogens with one attached hydrogen (secondary N) is 1. The quantitative estimate of drug-likeness (QED) is 0.830. The number of guanidine groups is 1. The third-order valence-corrected chi connectivity index (χ3v) is 6.41. The smallest absolute Gasteiger partial charge is 0.266 e. The number of hydrogen-bond donors (Lipinski definition) is 1. The van der Waals surface area contributed by atoms with Gasteiger partial charge in [0.1, 0.15) is 0 Å². The Kier molecular flexibility index (Phi) is 5.47. The molecule has 1 aromatic rings. The molecule has 0 atom stereocenters. The van der Waals surface area contributed by atoms with Crippen molar-refractivity contribution in [3.63, 3.8) is 0 Å². The van der Waals surface area contributed by atoms with E-state index in [1.165, 1.54) is 16.4 Å². The van der Waals surface area contributed by atoms with Crippen molar-refractivity contribution in [2.75, 3.05) is 51.6 Å². The van der Waals surface area contributed by atoms with Crippen molar-refractivity contribution < 1.29 is 13.2 Å². The first kappa shape index (κ1) is 18.7. The monoisotopic (exact) mass is 379 g/mol. The number of piperazine rings is 1. The number of carbonyl (C=O) groups is 1. The molecule has 3 rings (SSSR count). The van der Waals surface area contributed by atoms with Crippen LogP contribution >= 0.6 is 0 Å². The Bertz CT molecular complexity index is 783. The summed E-state index contributed by atoms with van der Waals surface area (Å²) in [5.41, 5.74) is 0.588. The van der Waals surface area contributed by atoms with Gasteiger partial charge in [-0.05, 0) is 31.3 Å². The van der Waals surface area contributed by atoms with Gasteiger partial charge >= 0.3 is 0 Å². The highest BCUT2D eigenvalue weighted by Gasteiger charge is 2.34. The first-order chi connectivity index (χ1) is 12.4. The van der Waals surface area contributed by atoms with Crippen LogP contribution in [0.25, 0.3) is 0 Å². The Morgan fingerprint density at radius 1 is 1.12 bits per heavy atom. The summed E-state index contributed by atoms with van der Waals surface area (Å²) in [4.78, 5) is 20.4. The van der Waals surface area contributed by atoms with Gasteiger partial charge in [0.2, 0.25) is 11.9 Å². The number of sulfonamides is 1. The van der Waals surface area contributed by atoms with E-state index in [0.717, 1.165) is 26.2 Å². The Balaban J connectivity index is 1.76. The fourth-order valence-electron chi connectivity index (χ4n) is 3.00. The van der Waals surface area contributed by atoms with E-state index in [0.29, 0.717) is 31.2 Å². The molecule has 0 radical (unpaired) electrons. The van der Waals surface area contributed by atoms with E-state index >= 15 is 0 Å². The Morgan fingerprint density at radius 2 is 1.77 bits per heavy atom. The number of nitrogens with zero attached hydrogens (tertiary/aromatic N) is 4. The van der Waals surface area contributed by atoms with Gasteiger partial charge < -0.3 is 15.1 Å². The summed E-state index contributed by atoms with van der Waals surface area (Å²) in [5.74, 6) is 0.436. The van der Waals surface area contributed by atoms with Crippen LogP contribution in [-0.2, 0) is 14.8 Å². The highest BCUT2D eigenvalue weighted by atomic mass is 32.2. The largest absolute Gasteiger partial charge is 0.339 e. The number of hydrogen-bond acceptors (Lipinski definition) is 6. The number of carbonyl (C=O) groups excluding carboxylic acids is 1. The molecule has 1 N–H and O–H groups in total. The Hall–Kier alpha value is -2.13. The first-order valence-electron chi connectivity index (χ1n) is 8.82. The lowest BCUT2D eigenvalue weighted by atomic mass is 10.3. The average molecular weight is 379 g/mol. The highest BCUT2D eigenvalue weighted by molar-refractivity contribution is 7.89. The number of likely N-dealkylation sites (N-methyl/N-ethyl adjacent to an activating group) is 1. The second-order valence-electron chi connectivity index (χ2n) is 6.48. The molecule has 2 aliphatic rings. The van der Waals surface area contributed by atoms with Gasteiger partial charge in [0.05, 0.1) is 18.0 Å². The van der Waals surface area contributed by atoms with Crippen LogP contribution in [0.15, 0.2) is 34.2 Å². The van der Waals surface area contributed by atoms with Gasteiger partial charge in [0.25, 0.3) is 10.0 Å². The van der Waals surface area contributed by atoms with Gasteiger partial charge in [-0.2, -0.15) is 0 Å². The summed E-state index contributed by atoms with van der Waals surface area (Å²) in [7, 11) is -1.61. The summed E-state index contributed by atoms with van der Waals surface area (Å²) in [6.07, 6.45) is 0.374. The predicted molar refractivity (Wildman–Crippen MR) is 101 cm³/mol.